The van der Waals surface area contributed by atoms with Crippen LogP contribution in [0.3, 0.4) is 0 Å². The van der Waals surface area contributed by atoms with Gasteiger partial charge in [0.1, 0.15) is 6.04 Å². The van der Waals surface area contributed by atoms with Gasteiger partial charge >= 0.3 is 6.03 Å². The number of benzene rings is 1. The molecule has 0 unspecified atom stereocenters. The van der Waals surface area contributed by atoms with Crippen LogP contribution in [0, 0.1) is 0 Å². The number of anilines is 1. The zero-order valence-electron chi connectivity index (χ0n) is 13.3. The molecule has 1 aromatic carbocycles. The molecule has 3 amide bonds. The molecular weight excluding hydrogens is 306 g/mol. The summed E-state index contributed by atoms with van der Waals surface area (Å²) in [5.41, 5.74) is 1.30. The van der Waals surface area contributed by atoms with Gasteiger partial charge in [0.15, 0.2) is 0 Å². The van der Waals surface area contributed by atoms with E-state index in [2.05, 4.69) is 0 Å². The van der Waals surface area contributed by atoms with E-state index in [4.69, 9.17) is 0 Å². The minimum atomic E-state index is -0.417. The highest BCUT2D eigenvalue weighted by atomic mass is 16.2. The Bertz CT molecular complexity index is 875. The highest BCUT2D eigenvalue weighted by Gasteiger charge is 2.52. The molecule has 3 heterocycles. The standard InChI is InChI=1S/C18H17N3O3/c1-19-11-13(7-10-16(19)22)20-17(23)15-9-8-14(21(15)18(20)24)12-5-3-2-4-6-12/h2-7,10-11,14-15H,8-9H2,1H3/t14-,15-/m0/s1. The molecule has 2 aromatic rings. The predicted molar refractivity (Wildman–Crippen MR) is 88.6 cm³/mol. The zero-order valence-corrected chi connectivity index (χ0v) is 13.3. The molecule has 0 spiro atoms. The number of aryl methyl sites for hydroxylation is 1. The van der Waals surface area contributed by atoms with Crippen molar-refractivity contribution in [3.05, 3.63) is 64.6 Å². The Labute approximate surface area is 138 Å². The van der Waals surface area contributed by atoms with E-state index in [1.807, 2.05) is 30.3 Å². The Morgan fingerprint density at radius 2 is 1.62 bits per heavy atom. The lowest BCUT2D eigenvalue weighted by Gasteiger charge is -2.23. The third kappa shape index (κ3) is 2.06. The fourth-order valence-electron chi connectivity index (χ4n) is 3.63. The average molecular weight is 323 g/mol. The molecule has 6 nitrogen and oxygen atoms in total. The highest BCUT2D eigenvalue weighted by molar-refractivity contribution is 6.21. The van der Waals surface area contributed by atoms with Crippen LogP contribution < -0.4 is 10.5 Å². The number of aromatic nitrogens is 1. The normalized spacial score (nSPS) is 23.0. The molecule has 0 bridgehead atoms. The SMILES string of the molecule is Cn1cc(N2C(=O)[C@@H]3CC[C@@H](c4ccccc4)N3C2=O)ccc1=O. The molecule has 0 N–H and O–H groups in total. The van der Waals surface area contributed by atoms with Gasteiger partial charge in [0.2, 0.25) is 5.56 Å². The summed E-state index contributed by atoms with van der Waals surface area (Å²) >= 11 is 0. The van der Waals surface area contributed by atoms with Crippen LogP contribution in [-0.2, 0) is 11.8 Å². The van der Waals surface area contributed by atoms with E-state index in [0.717, 1.165) is 12.0 Å². The van der Waals surface area contributed by atoms with Crippen LogP contribution in [0.4, 0.5) is 10.5 Å². The van der Waals surface area contributed by atoms with Crippen molar-refractivity contribution >= 4 is 17.6 Å². The van der Waals surface area contributed by atoms with Gasteiger partial charge in [-0.1, -0.05) is 30.3 Å². The smallest absolute Gasteiger partial charge is 0.316 e. The Morgan fingerprint density at radius 1 is 0.917 bits per heavy atom. The van der Waals surface area contributed by atoms with E-state index in [1.54, 1.807) is 11.9 Å². The van der Waals surface area contributed by atoms with Gasteiger partial charge in [-0.05, 0) is 24.5 Å². The predicted octanol–water partition coefficient (Wildman–Crippen LogP) is 2.06. The van der Waals surface area contributed by atoms with Crippen molar-refractivity contribution in [3.63, 3.8) is 0 Å². The Hall–Kier alpha value is -2.89. The first-order valence-corrected chi connectivity index (χ1v) is 7.96. The number of hydrogen-bond acceptors (Lipinski definition) is 3. The number of carbonyl (C=O) groups is 2. The summed E-state index contributed by atoms with van der Waals surface area (Å²) in [4.78, 5) is 40.1. The van der Waals surface area contributed by atoms with Gasteiger partial charge in [-0.25, -0.2) is 9.69 Å². The summed E-state index contributed by atoms with van der Waals surface area (Å²) in [7, 11) is 1.60. The lowest BCUT2D eigenvalue weighted by molar-refractivity contribution is -0.119. The Kier molecular flexibility index (Phi) is 3.26. The van der Waals surface area contributed by atoms with Crippen molar-refractivity contribution in [2.75, 3.05) is 4.90 Å². The minimum Gasteiger partial charge on any atom is -0.316 e. The van der Waals surface area contributed by atoms with Crippen LogP contribution in [0.2, 0.25) is 0 Å². The number of imide groups is 1. The van der Waals surface area contributed by atoms with Crippen molar-refractivity contribution < 1.29 is 9.59 Å². The third-order valence-corrected chi connectivity index (χ3v) is 4.82. The number of carbonyl (C=O) groups excluding carboxylic acids is 2. The first kappa shape index (κ1) is 14.7. The second kappa shape index (κ2) is 5.33. The van der Waals surface area contributed by atoms with Gasteiger partial charge < -0.3 is 9.47 Å². The van der Waals surface area contributed by atoms with E-state index in [-0.39, 0.29) is 23.5 Å². The van der Waals surface area contributed by atoms with Gasteiger partial charge in [-0.2, -0.15) is 0 Å². The van der Waals surface area contributed by atoms with E-state index in [0.29, 0.717) is 12.1 Å². The molecule has 2 aliphatic rings. The molecular formula is C18H17N3O3. The topological polar surface area (TPSA) is 62.6 Å². The molecule has 6 heteroatoms. The Balaban J connectivity index is 1.71. The zero-order chi connectivity index (χ0) is 16.8. The van der Waals surface area contributed by atoms with Gasteiger partial charge in [0.25, 0.3) is 5.91 Å². The Morgan fingerprint density at radius 3 is 2.33 bits per heavy atom. The number of amides is 3. The van der Waals surface area contributed by atoms with Crippen molar-refractivity contribution in [2.45, 2.75) is 24.9 Å². The molecule has 0 aliphatic carbocycles. The molecule has 1 aromatic heterocycles. The number of fused-ring (bicyclic) bond motifs is 1. The first-order chi connectivity index (χ1) is 11.6. The maximum Gasteiger partial charge on any atom is 0.332 e. The summed E-state index contributed by atoms with van der Waals surface area (Å²) in [5, 5.41) is 0. The number of rotatable bonds is 2. The van der Waals surface area contributed by atoms with E-state index in [9.17, 15) is 14.4 Å². The molecule has 0 saturated carbocycles. The van der Waals surface area contributed by atoms with Crippen LogP contribution in [0.1, 0.15) is 24.4 Å². The maximum absolute atomic E-state index is 12.9. The molecule has 122 valence electrons. The number of urea groups is 1. The third-order valence-electron chi connectivity index (χ3n) is 4.82. The number of nitrogens with zero attached hydrogens (tertiary/aromatic N) is 3. The van der Waals surface area contributed by atoms with Crippen LogP contribution in [0.25, 0.3) is 0 Å². The summed E-state index contributed by atoms with van der Waals surface area (Å²) in [5.74, 6) is -0.211. The number of pyridine rings is 1. The van der Waals surface area contributed by atoms with E-state index in [1.165, 1.54) is 27.8 Å². The van der Waals surface area contributed by atoms with E-state index >= 15 is 0 Å². The minimum absolute atomic E-state index is 0.0785. The molecule has 24 heavy (non-hydrogen) atoms. The van der Waals surface area contributed by atoms with Crippen LogP contribution in [0.15, 0.2) is 53.5 Å². The van der Waals surface area contributed by atoms with Crippen LogP contribution in [0.5, 0.6) is 0 Å². The fourth-order valence-corrected chi connectivity index (χ4v) is 3.63. The summed E-state index contributed by atoms with van der Waals surface area (Å²) in [6.07, 6.45) is 2.97. The molecule has 2 fully saturated rings. The first-order valence-electron chi connectivity index (χ1n) is 7.96. The van der Waals surface area contributed by atoms with Gasteiger partial charge in [0.05, 0.1) is 11.7 Å². The summed E-state index contributed by atoms with van der Waals surface area (Å²) in [6.45, 7) is 0. The second-order valence-electron chi connectivity index (χ2n) is 6.22. The van der Waals surface area contributed by atoms with Crippen molar-refractivity contribution in [3.8, 4) is 0 Å². The molecule has 2 aliphatic heterocycles. The van der Waals surface area contributed by atoms with Gasteiger partial charge in [0, 0.05) is 19.3 Å². The van der Waals surface area contributed by atoms with Crippen molar-refractivity contribution in [1.29, 1.82) is 0 Å². The molecule has 2 atom stereocenters. The van der Waals surface area contributed by atoms with Gasteiger partial charge in [-0.3, -0.25) is 9.59 Å². The molecule has 0 radical (unpaired) electrons. The van der Waals surface area contributed by atoms with Crippen molar-refractivity contribution in [1.82, 2.24) is 9.47 Å². The van der Waals surface area contributed by atoms with Crippen LogP contribution >= 0.6 is 0 Å². The molecule has 2 saturated heterocycles. The largest absolute Gasteiger partial charge is 0.332 e. The average Bonchev–Trinajstić information content (AvgIpc) is 3.12. The van der Waals surface area contributed by atoms with Crippen LogP contribution in [-0.4, -0.2) is 27.4 Å². The highest BCUT2D eigenvalue weighted by Crippen LogP contribution is 2.42. The lowest BCUT2D eigenvalue weighted by atomic mass is 10.0. The van der Waals surface area contributed by atoms with E-state index < -0.39 is 6.04 Å². The maximum atomic E-state index is 12.9. The van der Waals surface area contributed by atoms with Crippen molar-refractivity contribution in [2.24, 2.45) is 7.05 Å². The summed E-state index contributed by atoms with van der Waals surface area (Å²) < 4.78 is 1.37. The molecule has 4 rings (SSSR count). The summed E-state index contributed by atoms with van der Waals surface area (Å²) in [6, 6.07) is 11.9. The lowest BCUT2D eigenvalue weighted by Crippen LogP contribution is -2.35. The quantitative estimate of drug-likeness (QED) is 0.795. The van der Waals surface area contributed by atoms with Gasteiger partial charge in [-0.15, -0.1) is 0 Å². The fraction of sp³-hybridized carbons (Fsp3) is 0.278. The number of hydrogen-bond donors (Lipinski definition) is 0. The second-order valence-corrected chi connectivity index (χ2v) is 6.22. The monoisotopic (exact) mass is 323 g/mol.